The molecule has 1 N–H and O–H groups in total. The standard InChI is InChI=1S/C25H20F2N2O4/c1-3-33-21-7-5-4-6-19(21)28-23-22(15-8-11-17(32-2)12-9-15)24(30)29(25(23)31)20-14-16(26)10-13-18(20)27/h4-14,28H,3H2,1-2H3. The fourth-order valence-corrected chi connectivity index (χ4v) is 3.53. The van der Waals surface area contributed by atoms with Gasteiger partial charge in [-0.05, 0) is 48.9 Å². The van der Waals surface area contributed by atoms with E-state index in [1.165, 1.54) is 7.11 Å². The van der Waals surface area contributed by atoms with Crippen LogP contribution in [0.3, 0.4) is 0 Å². The molecule has 0 unspecified atom stereocenters. The molecular formula is C25H20F2N2O4. The Bertz CT molecular complexity index is 1260. The number of para-hydroxylation sites is 2. The molecule has 6 nitrogen and oxygen atoms in total. The van der Waals surface area contributed by atoms with Crippen LogP contribution in [0.1, 0.15) is 12.5 Å². The number of ether oxygens (including phenoxy) is 2. The van der Waals surface area contributed by atoms with Crippen molar-refractivity contribution in [1.82, 2.24) is 0 Å². The van der Waals surface area contributed by atoms with Crippen LogP contribution in [0.2, 0.25) is 0 Å². The summed E-state index contributed by atoms with van der Waals surface area (Å²) in [5.41, 5.74) is 0.317. The highest BCUT2D eigenvalue weighted by Crippen LogP contribution is 2.37. The molecule has 3 aromatic rings. The predicted octanol–water partition coefficient (Wildman–Crippen LogP) is 4.77. The van der Waals surface area contributed by atoms with Gasteiger partial charge in [-0.25, -0.2) is 13.7 Å². The van der Waals surface area contributed by atoms with Crippen LogP contribution in [0, 0.1) is 11.6 Å². The molecule has 0 saturated carbocycles. The number of rotatable bonds is 7. The molecule has 0 radical (unpaired) electrons. The van der Waals surface area contributed by atoms with Gasteiger partial charge >= 0.3 is 0 Å². The minimum absolute atomic E-state index is 0.0117. The molecule has 168 valence electrons. The Kier molecular flexibility index (Phi) is 6.08. The van der Waals surface area contributed by atoms with Crippen LogP contribution < -0.4 is 19.7 Å². The summed E-state index contributed by atoms with van der Waals surface area (Å²) >= 11 is 0. The maximum absolute atomic E-state index is 14.5. The van der Waals surface area contributed by atoms with Crippen molar-refractivity contribution in [3.63, 3.8) is 0 Å². The van der Waals surface area contributed by atoms with E-state index in [2.05, 4.69) is 5.32 Å². The van der Waals surface area contributed by atoms with Crippen LogP contribution in [-0.4, -0.2) is 25.5 Å². The third-order valence-corrected chi connectivity index (χ3v) is 5.06. The molecule has 2 amide bonds. The maximum atomic E-state index is 14.5. The van der Waals surface area contributed by atoms with Gasteiger partial charge in [-0.15, -0.1) is 0 Å². The summed E-state index contributed by atoms with van der Waals surface area (Å²) in [5.74, 6) is -2.26. The van der Waals surface area contributed by atoms with Gasteiger partial charge in [0.05, 0.1) is 30.7 Å². The van der Waals surface area contributed by atoms with Gasteiger partial charge < -0.3 is 14.8 Å². The quantitative estimate of drug-likeness (QED) is 0.526. The van der Waals surface area contributed by atoms with Gasteiger partial charge in [-0.1, -0.05) is 24.3 Å². The van der Waals surface area contributed by atoms with E-state index in [9.17, 15) is 18.4 Å². The molecule has 8 heteroatoms. The van der Waals surface area contributed by atoms with E-state index in [1.807, 2.05) is 6.92 Å². The minimum atomic E-state index is -0.900. The number of benzene rings is 3. The Morgan fingerprint density at radius 1 is 0.939 bits per heavy atom. The van der Waals surface area contributed by atoms with E-state index in [-0.39, 0.29) is 11.3 Å². The lowest BCUT2D eigenvalue weighted by molar-refractivity contribution is -0.120. The Labute approximate surface area is 189 Å². The van der Waals surface area contributed by atoms with Crippen molar-refractivity contribution >= 4 is 28.8 Å². The summed E-state index contributed by atoms with van der Waals surface area (Å²) in [4.78, 5) is 27.4. The van der Waals surface area contributed by atoms with Gasteiger partial charge in [-0.3, -0.25) is 9.59 Å². The second kappa shape index (κ2) is 9.12. The zero-order valence-corrected chi connectivity index (χ0v) is 17.9. The molecule has 33 heavy (non-hydrogen) atoms. The first-order valence-electron chi connectivity index (χ1n) is 10.2. The Hall–Kier alpha value is -4.20. The number of carbonyl (C=O) groups excluding carboxylic acids is 2. The zero-order valence-electron chi connectivity index (χ0n) is 17.9. The van der Waals surface area contributed by atoms with E-state index >= 15 is 0 Å². The highest BCUT2D eigenvalue weighted by Gasteiger charge is 2.41. The highest BCUT2D eigenvalue weighted by molar-refractivity contribution is 6.46. The zero-order chi connectivity index (χ0) is 23.5. The molecule has 1 aliphatic rings. The lowest BCUT2D eigenvalue weighted by atomic mass is 10.0. The van der Waals surface area contributed by atoms with Crippen LogP contribution in [0.5, 0.6) is 11.5 Å². The minimum Gasteiger partial charge on any atom is -0.497 e. The first-order valence-corrected chi connectivity index (χ1v) is 10.2. The smallest absolute Gasteiger partial charge is 0.282 e. The van der Waals surface area contributed by atoms with Crippen LogP contribution >= 0.6 is 0 Å². The summed E-state index contributed by atoms with van der Waals surface area (Å²) in [6, 6.07) is 16.0. The number of nitrogens with zero attached hydrogens (tertiary/aromatic N) is 1. The van der Waals surface area contributed by atoms with Gasteiger partial charge in [0, 0.05) is 6.07 Å². The lowest BCUT2D eigenvalue weighted by Gasteiger charge is -2.17. The predicted molar refractivity (Wildman–Crippen MR) is 120 cm³/mol. The second-order valence-corrected chi connectivity index (χ2v) is 7.07. The SMILES string of the molecule is CCOc1ccccc1NC1=C(c2ccc(OC)cc2)C(=O)N(c2cc(F)ccc2F)C1=O. The summed E-state index contributed by atoms with van der Waals surface area (Å²) in [5, 5.41) is 2.98. The average molecular weight is 450 g/mol. The van der Waals surface area contributed by atoms with Gasteiger partial charge in [0.1, 0.15) is 28.8 Å². The molecule has 0 aliphatic carbocycles. The molecule has 0 saturated heterocycles. The number of nitrogens with one attached hydrogen (secondary N) is 1. The number of carbonyl (C=O) groups is 2. The van der Waals surface area contributed by atoms with E-state index in [1.54, 1.807) is 48.5 Å². The Balaban J connectivity index is 1.85. The first kappa shape index (κ1) is 22.0. The molecule has 1 aliphatic heterocycles. The number of imide groups is 1. The maximum Gasteiger partial charge on any atom is 0.282 e. The van der Waals surface area contributed by atoms with Crippen molar-refractivity contribution in [2.45, 2.75) is 6.92 Å². The van der Waals surface area contributed by atoms with Crippen molar-refractivity contribution in [2.24, 2.45) is 0 Å². The van der Waals surface area contributed by atoms with Gasteiger partial charge in [0.25, 0.3) is 11.8 Å². The molecule has 0 atom stereocenters. The van der Waals surface area contributed by atoms with Gasteiger partial charge in [0.15, 0.2) is 0 Å². The summed E-state index contributed by atoms with van der Waals surface area (Å²) < 4.78 is 39.2. The van der Waals surface area contributed by atoms with E-state index < -0.39 is 29.1 Å². The van der Waals surface area contributed by atoms with Crippen LogP contribution in [0.25, 0.3) is 5.57 Å². The molecule has 3 aromatic carbocycles. The number of amides is 2. The largest absolute Gasteiger partial charge is 0.497 e. The lowest BCUT2D eigenvalue weighted by Crippen LogP contribution is -2.33. The number of hydrogen-bond donors (Lipinski definition) is 1. The number of hydrogen-bond acceptors (Lipinski definition) is 5. The monoisotopic (exact) mass is 450 g/mol. The normalized spacial score (nSPS) is 13.5. The first-order chi connectivity index (χ1) is 15.9. The molecule has 0 bridgehead atoms. The average Bonchev–Trinajstić information content (AvgIpc) is 3.06. The third-order valence-electron chi connectivity index (χ3n) is 5.06. The molecule has 0 fully saturated rings. The third kappa shape index (κ3) is 4.15. The van der Waals surface area contributed by atoms with Gasteiger partial charge in [-0.2, -0.15) is 0 Å². The Morgan fingerprint density at radius 3 is 2.36 bits per heavy atom. The van der Waals surface area contributed by atoms with Crippen LogP contribution in [-0.2, 0) is 9.59 Å². The van der Waals surface area contributed by atoms with E-state index in [0.29, 0.717) is 34.3 Å². The molecular weight excluding hydrogens is 430 g/mol. The molecule has 4 rings (SSSR count). The number of anilines is 2. The van der Waals surface area contributed by atoms with Crippen LogP contribution in [0.4, 0.5) is 20.2 Å². The fraction of sp³-hybridized carbons (Fsp3) is 0.120. The number of halogens is 2. The fourth-order valence-electron chi connectivity index (χ4n) is 3.53. The molecule has 0 aromatic heterocycles. The highest BCUT2D eigenvalue weighted by atomic mass is 19.1. The summed E-state index contributed by atoms with van der Waals surface area (Å²) in [6.45, 7) is 2.20. The van der Waals surface area contributed by atoms with Crippen LogP contribution in [0.15, 0.2) is 72.4 Å². The van der Waals surface area contributed by atoms with Crippen molar-refractivity contribution < 1.29 is 27.8 Å². The second-order valence-electron chi connectivity index (χ2n) is 7.07. The van der Waals surface area contributed by atoms with Crippen molar-refractivity contribution in [1.29, 1.82) is 0 Å². The molecule has 1 heterocycles. The summed E-state index contributed by atoms with van der Waals surface area (Å²) in [6.07, 6.45) is 0. The summed E-state index contributed by atoms with van der Waals surface area (Å²) in [7, 11) is 1.50. The number of methoxy groups -OCH3 is 1. The van der Waals surface area contributed by atoms with Gasteiger partial charge in [0.2, 0.25) is 0 Å². The Morgan fingerprint density at radius 2 is 1.67 bits per heavy atom. The van der Waals surface area contributed by atoms with E-state index in [0.717, 1.165) is 18.2 Å². The van der Waals surface area contributed by atoms with Crippen molar-refractivity contribution in [3.05, 3.63) is 89.6 Å². The van der Waals surface area contributed by atoms with Crippen molar-refractivity contribution in [2.75, 3.05) is 23.9 Å². The molecule has 0 spiro atoms. The van der Waals surface area contributed by atoms with Crippen molar-refractivity contribution in [3.8, 4) is 11.5 Å². The van der Waals surface area contributed by atoms with E-state index in [4.69, 9.17) is 9.47 Å². The topological polar surface area (TPSA) is 67.9 Å².